The van der Waals surface area contributed by atoms with Gasteiger partial charge in [-0.25, -0.2) is 13.1 Å². The number of hydrogen-bond acceptors (Lipinski definition) is 6. The Kier molecular flexibility index (Phi) is 4.41. The standard InChI is InChI=1S/C9H12ClN3O4S2/c10-9-7(13(14)15)3-8(18-9)19(16,17)12-5-6-1-2-11-4-6/h3,6,11-12H,1-2,4-5H2. The van der Waals surface area contributed by atoms with Gasteiger partial charge >= 0.3 is 0 Å². The van der Waals surface area contributed by atoms with Gasteiger partial charge in [0.05, 0.1) is 4.92 Å². The Morgan fingerprint density at radius 2 is 2.37 bits per heavy atom. The lowest BCUT2D eigenvalue weighted by Crippen LogP contribution is -2.29. The Hall–Kier alpha value is -0.740. The van der Waals surface area contributed by atoms with E-state index in [1.54, 1.807) is 0 Å². The molecule has 1 aliphatic heterocycles. The lowest BCUT2D eigenvalue weighted by Gasteiger charge is -2.09. The highest BCUT2D eigenvalue weighted by Gasteiger charge is 2.26. The van der Waals surface area contributed by atoms with E-state index >= 15 is 0 Å². The first-order valence-electron chi connectivity index (χ1n) is 5.54. The van der Waals surface area contributed by atoms with E-state index in [0.717, 1.165) is 25.6 Å². The first-order chi connectivity index (χ1) is 8.90. The highest BCUT2D eigenvalue weighted by molar-refractivity contribution is 7.91. The number of halogens is 1. The maximum absolute atomic E-state index is 12.0. The molecule has 1 aromatic heterocycles. The molecular formula is C9H12ClN3O4S2. The minimum absolute atomic E-state index is 0.129. The van der Waals surface area contributed by atoms with Gasteiger partial charge in [0.15, 0.2) is 4.34 Å². The molecule has 106 valence electrons. The van der Waals surface area contributed by atoms with Crippen molar-refractivity contribution in [3.8, 4) is 0 Å². The minimum atomic E-state index is -3.73. The van der Waals surface area contributed by atoms with Crippen molar-refractivity contribution in [2.75, 3.05) is 19.6 Å². The fourth-order valence-corrected chi connectivity index (χ4v) is 4.61. The summed E-state index contributed by atoms with van der Waals surface area (Å²) in [7, 11) is -3.73. The Labute approximate surface area is 119 Å². The van der Waals surface area contributed by atoms with E-state index in [4.69, 9.17) is 11.6 Å². The molecule has 0 saturated carbocycles. The molecule has 2 rings (SSSR count). The highest BCUT2D eigenvalue weighted by atomic mass is 35.5. The first kappa shape index (κ1) is 14.7. The van der Waals surface area contributed by atoms with E-state index < -0.39 is 14.9 Å². The number of thiophene rings is 1. The number of rotatable bonds is 5. The van der Waals surface area contributed by atoms with Gasteiger partial charge in [-0.2, -0.15) is 0 Å². The number of nitrogens with zero attached hydrogens (tertiary/aromatic N) is 1. The summed E-state index contributed by atoms with van der Waals surface area (Å²) in [6, 6.07) is 0.988. The van der Waals surface area contributed by atoms with Gasteiger partial charge in [-0.1, -0.05) is 11.6 Å². The molecule has 19 heavy (non-hydrogen) atoms. The van der Waals surface area contributed by atoms with Gasteiger partial charge < -0.3 is 5.32 Å². The van der Waals surface area contributed by atoms with E-state index in [0.29, 0.717) is 17.9 Å². The summed E-state index contributed by atoms with van der Waals surface area (Å²) in [6.07, 6.45) is 0.911. The van der Waals surface area contributed by atoms with Crippen molar-refractivity contribution in [1.29, 1.82) is 0 Å². The molecule has 0 aromatic carbocycles. The summed E-state index contributed by atoms with van der Waals surface area (Å²) >= 11 is 6.34. The van der Waals surface area contributed by atoms with Gasteiger partial charge in [0.2, 0.25) is 10.0 Å². The summed E-state index contributed by atoms with van der Waals surface area (Å²) in [5.74, 6) is 0.250. The van der Waals surface area contributed by atoms with Crippen molar-refractivity contribution in [2.24, 2.45) is 5.92 Å². The summed E-state index contributed by atoms with van der Waals surface area (Å²) in [6.45, 7) is 1.97. The average molecular weight is 326 g/mol. The van der Waals surface area contributed by atoms with Gasteiger partial charge in [0, 0.05) is 12.6 Å². The summed E-state index contributed by atoms with van der Waals surface area (Å²) in [4.78, 5) is 9.94. The predicted octanol–water partition coefficient (Wildman–Crippen LogP) is 1.20. The van der Waals surface area contributed by atoms with Crippen LogP contribution in [-0.2, 0) is 10.0 Å². The van der Waals surface area contributed by atoms with E-state index in [1.807, 2.05) is 0 Å². The second-order valence-corrected chi connectivity index (χ2v) is 7.84. The van der Waals surface area contributed by atoms with Crippen molar-refractivity contribution in [1.82, 2.24) is 10.0 Å². The molecule has 1 unspecified atom stereocenters. The molecule has 1 atom stereocenters. The quantitative estimate of drug-likeness (QED) is 0.625. The number of nitro groups is 1. The molecule has 10 heteroatoms. The molecule has 0 aliphatic carbocycles. The number of nitrogens with one attached hydrogen (secondary N) is 2. The van der Waals surface area contributed by atoms with Gasteiger partial charge in [0.1, 0.15) is 4.21 Å². The van der Waals surface area contributed by atoms with Crippen LogP contribution in [0.5, 0.6) is 0 Å². The number of sulfonamides is 1. The zero-order chi connectivity index (χ0) is 14.0. The Morgan fingerprint density at radius 1 is 1.63 bits per heavy atom. The van der Waals surface area contributed by atoms with Gasteiger partial charge in [-0.3, -0.25) is 10.1 Å². The topological polar surface area (TPSA) is 101 Å². The third kappa shape index (κ3) is 3.42. The average Bonchev–Trinajstić information content (AvgIpc) is 2.95. The van der Waals surface area contributed by atoms with E-state index in [2.05, 4.69) is 10.0 Å². The monoisotopic (exact) mass is 325 g/mol. The Balaban J connectivity index is 2.10. The van der Waals surface area contributed by atoms with Crippen LogP contribution in [0.2, 0.25) is 4.34 Å². The normalized spacial score (nSPS) is 19.7. The molecule has 0 amide bonds. The summed E-state index contributed by atoms with van der Waals surface area (Å²) in [5.41, 5.74) is -0.380. The van der Waals surface area contributed by atoms with Crippen LogP contribution in [-0.4, -0.2) is 33.0 Å². The lowest BCUT2D eigenvalue weighted by molar-refractivity contribution is -0.384. The molecule has 1 fully saturated rings. The molecule has 7 nitrogen and oxygen atoms in total. The summed E-state index contributed by atoms with van der Waals surface area (Å²) in [5, 5.41) is 13.8. The van der Waals surface area contributed by atoms with Crippen molar-refractivity contribution in [3.63, 3.8) is 0 Å². The van der Waals surface area contributed by atoms with Crippen LogP contribution in [0.25, 0.3) is 0 Å². The SMILES string of the molecule is O=[N+]([O-])c1cc(S(=O)(=O)NCC2CCNC2)sc1Cl. The van der Waals surface area contributed by atoms with Gasteiger partial charge in [-0.05, 0) is 25.4 Å². The molecule has 0 bridgehead atoms. The second kappa shape index (κ2) is 5.71. The van der Waals surface area contributed by atoms with Crippen molar-refractivity contribution >= 4 is 38.6 Å². The smallest absolute Gasteiger partial charge is 0.300 e. The van der Waals surface area contributed by atoms with Crippen molar-refractivity contribution in [2.45, 2.75) is 10.6 Å². The fraction of sp³-hybridized carbons (Fsp3) is 0.556. The molecule has 0 spiro atoms. The minimum Gasteiger partial charge on any atom is -0.316 e. The summed E-state index contributed by atoms with van der Waals surface area (Å²) < 4.78 is 26.1. The van der Waals surface area contributed by atoms with Crippen LogP contribution in [0.4, 0.5) is 5.69 Å². The van der Waals surface area contributed by atoms with Crippen LogP contribution in [0, 0.1) is 16.0 Å². The Bertz CT molecular complexity index is 580. The second-order valence-electron chi connectivity index (χ2n) is 4.19. The molecule has 1 aromatic rings. The van der Waals surface area contributed by atoms with E-state index in [-0.39, 0.29) is 20.2 Å². The lowest BCUT2D eigenvalue weighted by atomic mass is 10.1. The zero-order valence-electron chi connectivity index (χ0n) is 9.76. The van der Waals surface area contributed by atoms with E-state index in [1.165, 1.54) is 0 Å². The van der Waals surface area contributed by atoms with Crippen LogP contribution in [0.3, 0.4) is 0 Å². The first-order valence-corrected chi connectivity index (χ1v) is 8.22. The maximum atomic E-state index is 12.0. The molecule has 2 N–H and O–H groups in total. The fourth-order valence-electron chi connectivity index (χ4n) is 1.78. The maximum Gasteiger partial charge on any atom is 0.300 e. The van der Waals surface area contributed by atoms with Gasteiger partial charge in [0.25, 0.3) is 5.69 Å². The van der Waals surface area contributed by atoms with Crippen molar-refractivity contribution in [3.05, 3.63) is 20.5 Å². The molecule has 2 heterocycles. The molecule has 0 radical (unpaired) electrons. The van der Waals surface area contributed by atoms with Gasteiger partial charge in [-0.15, -0.1) is 11.3 Å². The van der Waals surface area contributed by atoms with E-state index in [9.17, 15) is 18.5 Å². The largest absolute Gasteiger partial charge is 0.316 e. The molecule has 1 saturated heterocycles. The van der Waals surface area contributed by atoms with Crippen LogP contribution in [0.1, 0.15) is 6.42 Å². The molecule has 1 aliphatic rings. The van der Waals surface area contributed by atoms with Crippen molar-refractivity contribution < 1.29 is 13.3 Å². The highest BCUT2D eigenvalue weighted by Crippen LogP contribution is 2.36. The predicted molar refractivity (Wildman–Crippen MR) is 72.1 cm³/mol. The Morgan fingerprint density at radius 3 is 2.89 bits per heavy atom. The third-order valence-electron chi connectivity index (χ3n) is 2.83. The van der Waals surface area contributed by atoms with Crippen LogP contribution < -0.4 is 10.0 Å². The number of hydrogen-bond donors (Lipinski definition) is 2. The van der Waals surface area contributed by atoms with Crippen LogP contribution >= 0.6 is 22.9 Å². The third-order valence-corrected chi connectivity index (χ3v) is 6.07. The molecular weight excluding hydrogens is 314 g/mol. The zero-order valence-corrected chi connectivity index (χ0v) is 12.1. The van der Waals surface area contributed by atoms with Crippen LogP contribution in [0.15, 0.2) is 10.3 Å².